The van der Waals surface area contributed by atoms with E-state index in [1.54, 1.807) is 11.8 Å². The Kier molecular flexibility index (Phi) is 3.10. The first kappa shape index (κ1) is 11.2. The summed E-state index contributed by atoms with van der Waals surface area (Å²) in [5.74, 6) is 0.788. The third-order valence-corrected chi connectivity index (χ3v) is 2.52. The van der Waals surface area contributed by atoms with Gasteiger partial charge in [-0.15, -0.1) is 0 Å². The highest BCUT2D eigenvalue weighted by atomic mass is 16.5. The normalized spacial score (nSPS) is 9.94. The van der Waals surface area contributed by atoms with Crippen LogP contribution in [0.1, 0.15) is 5.56 Å². The molecule has 0 spiro atoms. The van der Waals surface area contributed by atoms with Crippen LogP contribution in [0.25, 0.3) is 11.3 Å². The molecule has 0 bridgehead atoms. The van der Waals surface area contributed by atoms with Gasteiger partial charge in [0.2, 0.25) is 0 Å². The molecule has 17 heavy (non-hydrogen) atoms. The topological polar surface area (TPSA) is 50.8 Å². The van der Waals surface area contributed by atoms with Gasteiger partial charge in [0.15, 0.2) is 0 Å². The van der Waals surface area contributed by atoms with Crippen molar-refractivity contribution >= 4 is 0 Å². The Hall–Kier alpha value is -2.28. The molecular weight excluding hydrogens is 214 g/mol. The number of benzene rings is 1. The van der Waals surface area contributed by atoms with E-state index in [0.29, 0.717) is 6.42 Å². The summed E-state index contributed by atoms with van der Waals surface area (Å²) >= 11 is 0. The van der Waals surface area contributed by atoms with Gasteiger partial charge < -0.3 is 4.74 Å². The number of nitrogens with zero attached hydrogens (tertiary/aromatic N) is 3. The Labute approximate surface area is 100 Å². The molecule has 0 N–H and O–H groups in total. The Bertz CT molecular complexity index is 566. The number of hydrogen-bond acceptors (Lipinski definition) is 3. The highest BCUT2D eigenvalue weighted by molar-refractivity contribution is 5.64. The highest BCUT2D eigenvalue weighted by Crippen LogP contribution is 2.25. The van der Waals surface area contributed by atoms with Gasteiger partial charge in [0.25, 0.3) is 0 Å². The fourth-order valence-corrected chi connectivity index (χ4v) is 1.77. The molecule has 0 fully saturated rings. The van der Waals surface area contributed by atoms with Crippen LogP contribution in [0.5, 0.6) is 5.75 Å². The monoisotopic (exact) mass is 227 g/mol. The largest absolute Gasteiger partial charge is 0.497 e. The van der Waals surface area contributed by atoms with Crippen molar-refractivity contribution in [3.8, 4) is 23.1 Å². The second-order valence-electron chi connectivity index (χ2n) is 3.74. The maximum Gasteiger partial charge on any atom is 0.119 e. The number of rotatable bonds is 3. The Morgan fingerprint density at radius 1 is 1.47 bits per heavy atom. The lowest BCUT2D eigenvalue weighted by atomic mass is 10.1. The lowest BCUT2D eigenvalue weighted by Crippen LogP contribution is -1.89. The quantitative estimate of drug-likeness (QED) is 0.807. The molecule has 2 rings (SSSR count). The van der Waals surface area contributed by atoms with Crippen LogP contribution in [-0.2, 0) is 13.5 Å². The zero-order valence-electron chi connectivity index (χ0n) is 9.84. The summed E-state index contributed by atoms with van der Waals surface area (Å²) in [6.45, 7) is 0. The van der Waals surface area contributed by atoms with Crippen molar-refractivity contribution in [1.82, 2.24) is 9.78 Å². The van der Waals surface area contributed by atoms with Crippen molar-refractivity contribution in [2.45, 2.75) is 6.42 Å². The summed E-state index contributed by atoms with van der Waals surface area (Å²) < 4.78 is 6.91. The molecule has 4 heteroatoms. The van der Waals surface area contributed by atoms with E-state index in [1.807, 2.05) is 37.5 Å². The second kappa shape index (κ2) is 4.71. The van der Waals surface area contributed by atoms with Crippen LogP contribution in [0.4, 0.5) is 0 Å². The second-order valence-corrected chi connectivity index (χ2v) is 3.74. The summed E-state index contributed by atoms with van der Waals surface area (Å²) in [4.78, 5) is 0. The van der Waals surface area contributed by atoms with E-state index in [4.69, 9.17) is 10.00 Å². The molecule has 1 aromatic carbocycles. The first-order valence-electron chi connectivity index (χ1n) is 5.28. The first-order chi connectivity index (χ1) is 8.24. The van der Waals surface area contributed by atoms with Gasteiger partial charge >= 0.3 is 0 Å². The molecular formula is C13H13N3O. The van der Waals surface area contributed by atoms with Crippen LogP contribution < -0.4 is 4.74 Å². The van der Waals surface area contributed by atoms with Gasteiger partial charge in [-0.05, 0) is 12.1 Å². The van der Waals surface area contributed by atoms with E-state index in [9.17, 15) is 0 Å². The standard InChI is InChI=1S/C13H13N3O/c1-16-9-11(6-7-14)13(15-16)10-4-3-5-12(8-10)17-2/h3-5,8-9H,6H2,1-2H3. The van der Waals surface area contributed by atoms with Gasteiger partial charge in [0.1, 0.15) is 5.75 Å². The number of ether oxygens (including phenoxy) is 1. The van der Waals surface area contributed by atoms with E-state index >= 15 is 0 Å². The van der Waals surface area contributed by atoms with E-state index in [0.717, 1.165) is 22.6 Å². The molecule has 0 aliphatic heterocycles. The zero-order valence-corrected chi connectivity index (χ0v) is 9.84. The van der Waals surface area contributed by atoms with Gasteiger partial charge in [0, 0.05) is 24.4 Å². The number of hydrogen-bond donors (Lipinski definition) is 0. The van der Waals surface area contributed by atoms with E-state index < -0.39 is 0 Å². The number of methoxy groups -OCH3 is 1. The van der Waals surface area contributed by atoms with Crippen molar-refractivity contribution in [3.05, 3.63) is 36.0 Å². The predicted octanol–water partition coefficient (Wildman–Crippen LogP) is 2.16. The van der Waals surface area contributed by atoms with Gasteiger partial charge in [-0.3, -0.25) is 4.68 Å². The lowest BCUT2D eigenvalue weighted by Gasteiger charge is -2.03. The van der Waals surface area contributed by atoms with Crippen molar-refractivity contribution in [1.29, 1.82) is 5.26 Å². The number of nitriles is 1. The maximum absolute atomic E-state index is 8.79. The van der Waals surface area contributed by atoms with Gasteiger partial charge in [0.05, 0.1) is 25.3 Å². The first-order valence-corrected chi connectivity index (χ1v) is 5.28. The average Bonchev–Trinajstić information content (AvgIpc) is 2.71. The van der Waals surface area contributed by atoms with Gasteiger partial charge in [-0.1, -0.05) is 12.1 Å². The molecule has 2 aromatic rings. The molecule has 4 nitrogen and oxygen atoms in total. The molecule has 1 heterocycles. The number of aromatic nitrogens is 2. The zero-order chi connectivity index (χ0) is 12.3. The fraction of sp³-hybridized carbons (Fsp3) is 0.231. The molecule has 0 atom stereocenters. The summed E-state index contributed by atoms with van der Waals surface area (Å²) in [5, 5.41) is 13.2. The average molecular weight is 227 g/mol. The fourth-order valence-electron chi connectivity index (χ4n) is 1.77. The van der Waals surface area contributed by atoms with E-state index in [2.05, 4.69) is 11.2 Å². The number of aryl methyl sites for hydroxylation is 1. The third kappa shape index (κ3) is 2.28. The van der Waals surface area contributed by atoms with Crippen LogP contribution >= 0.6 is 0 Å². The third-order valence-electron chi connectivity index (χ3n) is 2.52. The summed E-state index contributed by atoms with van der Waals surface area (Å²) in [6, 6.07) is 9.84. The lowest BCUT2D eigenvalue weighted by molar-refractivity contribution is 0.415. The Morgan fingerprint density at radius 2 is 2.29 bits per heavy atom. The molecule has 0 saturated heterocycles. The molecule has 1 aromatic heterocycles. The molecule has 0 radical (unpaired) electrons. The molecule has 86 valence electrons. The predicted molar refractivity (Wildman–Crippen MR) is 64.5 cm³/mol. The minimum absolute atomic E-state index is 0.361. The Balaban J connectivity index is 2.48. The minimum Gasteiger partial charge on any atom is -0.497 e. The summed E-state index contributed by atoms with van der Waals surface area (Å²) in [6.07, 6.45) is 2.23. The minimum atomic E-state index is 0.361. The van der Waals surface area contributed by atoms with Gasteiger partial charge in [-0.2, -0.15) is 10.4 Å². The molecule has 0 amide bonds. The Morgan fingerprint density at radius 3 is 3.00 bits per heavy atom. The molecule has 0 aliphatic carbocycles. The molecule has 0 aliphatic rings. The van der Waals surface area contributed by atoms with Crippen LogP contribution in [0.2, 0.25) is 0 Å². The van der Waals surface area contributed by atoms with Crippen LogP contribution in [0, 0.1) is 11.3 Å². The SMILES string of the molecule is COc1cccc(-c2nn(C)cc2CC#N)c1. The van der Waals surface area contributed by atoms with E-state index in [1.165, 1.54) is 0 Å². The van der Waals surface area contributed by atoms with Crippen molar-refractivity contribution in [3.63, 3.8) is 0 Å². The van der Waals surface area contributed by atoms with Crippen molar-refractivity contribution in [2.24, 2.45) is 7.05 Å². The van der Waals surface area contributed by atoms with Crippen molar-refractivity contribution in [2.75, 3.05) is 7.11 Å². The smallest absolute Gasteiger partial charge is 0.119 e. The van der Waals surface area contributed by atoms with Crippen LogP contribution in [0.15, 0.2) is 30.5 Å². The van der Waals surface area contributed by atoms with Crippen molar-refractivity contribution < 1.29 is 4.74 Å². The maximum atomic E-state index is 8.79. The summed E-state index contributed by atoms with van der Waals surface area (Å²) in [7, 11) is 3.48. The van der Waals surface area contributed by atoms with E-state index in [-0.39, 0.29) is 0 Å². The highest BCUT2D eigenvalue weighted by Gasteiger charge is 2.10. The van der Waals surface area contributed by atoms with Crippen LogP contribution in [0.3, 0.4) is 0 Å². The molecule has 0 saturated carbocycles. The van der Waals surface area contributed by atoms with Crippen LogP contribution in [-0.4, -0.2) is 16.9 Å². The van der Waals surface area contributed by atoms with Gasteiger partial charge in [-0.25, -0.2) is 0 Å². The summed E-state index contributed by atoms with van der Waals surface area (Å²) in [5.41, 5.74) is 2.74. The molecule has 0 unspecified atom stereocenters.